The van der Waals surface area contributed by atoms with E-state index in [0.29, 0.717) is 0 Å². The first-order valence-corrected chi connectivity index (χ1v) is 10.8. The Bertz CT molecular complexity index is 1130. The molecule has 4 atom stereocenters. The quantitative estimate of drug-likeness (QED) is 0.582. The van der Waals surface area contributed by atoms with Gasteiger partial charge in [0.2, 0.25) is 5.91 Å². The number of nitrogens with one attached hydrogen (secondary N) is 2. The van der Waals surface area contributed by atoms with E-state index in [0.717, 1.165) is 26.9 Å². The molecule has 150 valence electrons. The van der Waals surface area contributed by atoms with Crippen LogP contribution >= 0.6 is 15.9 Å². The van der Waals surface area contributed by atoms with E-state index in [1.807, 2.05) is 78.9 Å². The first-order valence-electron chi connectivity index (χ1n) is 10.0. The third-order valence-corrected chi connectivity index (χ3v) is 6.86. The van der Waals surface area contributed by atoms with E-state index in [1.165, 1.54) is 0 Å². The molecule has 0 aliphatic carbocycles. The first kappa shape index (κ1) is 19.2. The van der Waals surface area contributed by atoms with Gasteiger partial charge in [0.1, 0.15) is 11.3 Å². The van der Waals surface area contributed by atoms with Crippen LogP contribution in [0.5, 0.6) is 0 Å². The zero-order chi connectivity index (χ0) is 20.9. The zero-order valence-corrected chi connectivity index (χ0v) is 18.0. The van der Waals surface area contributed by atoms with Crippen molar-refractivity contribution in [3.05, 3.63) is 100 Å². The van der Waals surface area contributed by atoms with E-state index in [2.05, 4.69) is 26.6 Å². The Morgan fingerprint density at radius 3 is 2.20 bits per heavy atom. The van der Waals surface area contributed by atoms with Crippen molar-refractivity contribution in [3.8, 4) is 0 Å². The van der Waals surface area contributed by atoms with Gasteiger partial charge in [-0.15, -0.1) is 0 Å². The van der Waals surface area contributed by atoms with Crippen LogP contribution in [-0.4, -0.2) is 11.7 Å². The van der Waals surface area contributed by atoms with Crippen molar-refractivity contribution in [2.75, 3.05) is 5.32 Å². The average Bonchev–Trinajstić information content (AvgIpc) is 3.25. The number of hydrogen-bond acceptors (Lipinski definition) is 3. The molecule has 0 radical (unpaired) electrons. The highest BCUT2D eigenvalue weighted by molar-refractivity contribution is 9.10. The molecule has 3 aromatic rings. The van der Waals surface area contributed by atoms with E-state index in [4.69, 9.17) is 0 Å². The molecule has 4 nitrogen and oxygen atoms in total. The molecule has 30 heavy (non-hydrogen) atoms. The van der Waals surface area contributed by atoms with Gasteiger partial charge in [0.05, 0.1) is 0 Å². The topological polar surface area (TPSA) is 58.2 Å². The van der Waals surface area contributed by atoms with Crippen molar-refractivity contribution < 1.29 is 9.59 Å². The minimum atomic E-state index is -1.02. The van der Waals surface area contributed by atoms with Crippen molar-refractivity contribution in [1.82, 2.24) is 5.32 Å². The number of fused-ring (bicyclic) bond motifs is 2. The fourth-order valence-corrected chi connectivity index (χ4v) is 5.54. The second kappa shape index (κ2) is 7.18. The Morgan fingerprint density at radius 1 is 0.933 bits per heavy atom. The van der Waals surface area contributed by atoms with E-state index >= 15 is 0 Å². The Hall–Kier alpha value is -2.76. The van der Waals surface area contributed by atoms with Crippen LogP contribution in [0, 0.1) is 5.92 Å². The van der Waals surface area contributed by atoms with Crippen LogP contribution in [-0.2, 0) is 15.1 Å². The predicted octanol–water partition coefficient (Wildman–Crippen LogP) is 4.93. The average molecular weight is 461 g/mol. The summed E-state index contributed by atoms with van der Waals surface area (Å²) in [4.78, 5) is 26.6. The second-order valence-corrected chi connectivity index (χ2v) is 8.93. The molecular formula is C25H21BrN2O2. The van der Waals surface area contributed by atoms with Crippen molar-refractivity contribution >= 4 is 33.3 Å². The van der Waals surface area contributed by atoms with Gasteiger partial charge in [-0.2, -0.15) is 0 Å². The smallest absolute Gasteiger partial charge is 0.250 e. The maximum absolute atomic E-state index is 13.6. The highest BCUT2D eigenvalue weighted by atomic mass is 79.9. The molecule has 5 rings (SSSR count). The summed E-state index contributed by atoms with van der Waals surface area (Å²) in [6, 6.07) is 25.4. The number of carbonyl (C=O) groups is 2. The summed E-state index contributed by atoms with van der Waals surface area (Å²) in [5, 5.41) is 6.70. The molecule has 1 saturated heterocycles. The van der Waals surface area contributed by atoms with Crippen LogP contribution in [0.2, 0.25) is 0 Å². The van der Waals surface area contributed by atoms with E-state index in [1.54, 1.807) is 6.92 Å². The monoisotopic (exact) mass is 460 g/mol. The number of benzene rings is 3. The minimum Gasteiger partial charge on any atom is -0.324 e. The molecule has 0 bridgehead atoms. The summed E-state index contributed by atoms with van der Waals surface area (Å²) in [7, 11) is 0. The molecule has 0 aromatic heterocycles. The van der Waals surface area contributed by atoms with Gasteiger partial charge in [-0.05, 0) is 30.2 Å². The Morgan fingerprint density at radius 2 is 1.57 bits per heavy atom. The third kappa shape index (κ3) is 2.76. The maximum atomic E-state index is 13.6. The van der Waals surface area contributed by atoms with Crippen LogP contribution in [0.4, 0.5) is 5.69 Å². The van der Waals surface area contributed by atoms with Gasteiger partial charge in [0, 0.05) is 33.6 Å². The molecular weight excluding hydrogens is 440 g/mol. The third-order valence-electron chi connectivity index (χ3n) is 6.37. The van der Waals surface area contributed by atoms with E-state index < -0.39 is 5.54 Å². The van der Waals surface area contributed by atoms with E-state index in [9.17, 15) is 9.59 Å². The van der Waals surface area contributed by atoms with Crippen LogP contribution in [0.3, 0.4) is 0 Å². The lowest BCUT2D eigenvalue weighted by molar-refractivity contribution is -0.123. The number of hydrogen-bond donors (Lipinski definition) is 2. The van der Waals surface area contributed by atoms with Gasteiger partial charge in [0.15, 0.2) is 0 Å². The van der Waals surface area contributed by atoms with Crippen molar-refractivity contribution in [2.45, 2.75) is 24.4 Å². The number of Topliss-reactive ketones (excluding diaryl/α,β-unsaturated/α-hetero) is 1. The summed E-state index contributed by atoms with van der Waals surface area (Å²) in [6.07, 6.45) is 0. The van der Waals surface area contributed by atoms with Gasteiger partial charge in [0.25, 0.3) is 0 Å². The molecule has 2 heterocycles. The van der Waals surface area contributed by atoms with E-state index in [-0.39, 0.29) is 29.6 Å². The number of rotatable bonds is 3. The van der Waals surface area contributed by atoms with Gasteiger partial charge < -0.3 is 5.32 Å². The number of anilines is 1. The van der Waals surface area contributed by atoms with Crippen molar-refractivity contribution in [2.24, 2.45) is 5.92 Å². The van der Waals surface area contributed by atoms with Crippen LogP contribution in [0.15, 0.2) is 83.3 Å². The Kier molecular flexibility index (Phi) is 4.60. The molecule has 1 spiro atoms. The lowest BCUT2D eigenvalue weighted by Gasteiger charge is -2.31. The Balaban J connectivity index is 1.78. The maximum Gasteiger partial charge on any atom is 0.250 e. The van der Waals surface area contributed by atoms with Crippen LogP contribution in [0.25, 0.3) is 0 Å². The summed E-state index contributed by atoms with van der Waals surface area (Å²) in [5.74, 6) is -0.756. The normalized spacial score (nSPS) is 27.1. The lowest BCUT2D eigenvalue weighted by atomic mass is 9.70. The van der Waals surface area contributed by atoms with Gasteiger partial charge in [-0.25, -0.2) is 0 Å². The largest absolute Gasteiger partial charge is 0.324 e. The lowest BCUT2D eigenvalue weighted by Crippen LogP contribution is -2.47. The van der Waals surface area contributed by atoms with Gasteiger partial charge >= 0.3 is 0 Å². The fraction of sp³-hybridized carbons (Fsp3) is 0.200. The number of halogens is 1. The molecule has 1 amide bonds. The van der Waals surface area contributed by atoms with Crippen molar-refractivity contribution in [3.63, 3.8) is 0 Å². The standard InChI is InChI=1S/C25H21BrN2O2/c1-15(29)21-22(16-8-4-2-5-9-16)25(28-23(21)17-10-6-3-7-11-17)19-13-12-18(26)14-20(19)27-24(25)30/h2-14,21-23,28H,1H3,(H,27,30)/t21-,22-,23-,25+/m1/s1. The number of amides is 1. The molecule has 3 aromatic carbocycles. The highest BCUT2D eigenvalue weighted by Crippen LogP contribution is 2.57. The van der Waals surface area contributed by atoms with Crippen LogP contribution < -0.4 is 10.6 Å². The Labute approximate surface area is 183 Å². The molecule has 0 saturated carbocycles. The molecule has 2 N–H and O–H groups in total. The number of ketones is 1. The minimum absolute atomic E-state index is 0.0699. The summed E-state index contributed by atoms with van der Waals surface area (Å²) < 4.78 is 0.899. The molecule has 5 heteroatoms. The highest BCUT2D eigenvalue weighted by Gasteiger charge is 2.63. The predicted molar refractivity (Wildman–Crippen MR) is 120 cm³/mol. The van der Waals surface area contributed by atoms with Gasteiger partial charge in [-0.1, -0.05) is 82.7 Å². The zero-order valence-electron chi connectivity index (χ0n) is 16.4. The molecule has 2 aliphatic heterocycles. The second-order valence-electron chi connectivity index (χ2n) is 8.01. The number of carbonyl (C=O) groups excluding carboxylic acids is 2. The first-order chi connectivity index (χ1) is 14.5. The summed E-state index contributed by atoms with van der Waals surface area (Å²) in [5.41, 5.74) is 2.63. The van der Waals surface area contributed by atoms with Crippen molar-refractivity contribution in [1.29, 1.82) is 0 Å². The summed E-state index contributed by atoms with van der Waals surface area (Å²) >= 11 is 3.50. The molecule has 2 aliphatic rings. The fourth-order valence-electron chi connectivity index (χ4n) is 5.18. The van der Waals surface area contributed by atoms with Crippen LogP contribution in [0.1, 0.15) is 35.6 Å². The SMILES string of the molecule is CC(=O)[C@H]1[C@@H](c2ccccc2)N[C@]2(C(=O)Nc3cc(Br)ccc32)[C@@H]1c1ccccc1. The molecule has 0 unspecified atom stereocenters. The van der Waals surface area contributed by atoms with Gasteiger partial charge in [-0.3, -0.25) is 14.9 Å². The summed E-state index contributed by atoms with van der Waals surface area (Å²) in [6.45, 7) is 1.63. The molecule has 1 fully saturated rings.